The predicted molar refractivity (Wildman–Crippen MR) is 126 cm³/mol. The van der Waals surface area contributed by atoms with Crippen molar-refractivity contribution in [1.82, 2.24) is 10.2 Å². The molecule has 0 aliphatic carbocycles. The van der Waals surface area contributed by atoms with E-state index < -0.39 is 11.0 Å². The largest absolute Gasteiger partial charge is 0.497 e. The molecule has 2 amide bonds. The van der Waals surface area contributed by atoms with E-state index in [4.69, 9.17) is 4.74 Å². The first-order chi connectivity index (χ1) is 15.3. The molecule has 2 aromatic carbocycles. The van der Waals surface area contributed by atoms with Crippen LogP contribution in [0.2, 0.25) is 0 Å². The molecule has 0 saturated carbocycles. The summed E-state index contributed by atoms with van der Waals surface area (Å²) in [5.74, 6) is 1.06. The number of methoxy groups -OCH3 is 1. The summed E-state index contributed by atoms with van der Waals surface area (Å²) in [6.07, 6.45) is 0.813. The molecule has 1 atom stereocenters. The predicted octanol–water partition coefficient (Wildman–Crippen LogP) is 3.78. The summed E-state index contributed by atoms with van der Waals surface area (Å²) in [5.41, 5.74) is 1.79. The van der Waals surface area contributed by atoms with E-state index in [-0.39, 0.29) is 29.8 Å². The first-order valence-electron chi connectivity index (χ1n) is 10.4. The van der Waals surface area contributed by atoms with Gasteiger partial charge in [-0.2, -0.15) is 0 Å². The van der Waals surface area contributed by atoms with E-state index in [2.05, 4.69) is 5.32 Å². The van der Waals surface area contributed by atoms with Crippen molar-refractivity contribution < 1.29 is 19.2 Å². The van der Waals surface area contributed by atoms with Crippen LogP contribution in [0.15, 0.2) is 48.5 Å². The number of rotatable bonds is 12. The van der Waals surface area contributed by atoms with Gasteiger partial charge in [0.05, 0.1) is 17.8 Å². The lowest BCUT2D eigenvalue weighted by Crippen LogP contribution is -2.48. The summed E-state index contributed by atoms with van der Waals surface area (Å²) < 4.78 is 5.27. The van der Waals surface area contributed by atoms with E-state index in [0.29, 0.717) is 18.0 Å². The number of carbonyl (C=O) groups excluding carboxylic acids is 2. The van der Waals surface area contributed by atoms with Crippen LogP contribution >= 0.6 is 11.8 Å². The Bertz CT molecular complexity index is 920. The normalized spacial score (nSPS) is 11.5. The van der Waals surface area contributed by atoms with Crippen LogP contribution in [-0.4, -0.2) is 47.1 Å². The van der Waals surface area contributed by atoms with Crippen LogP contribution in [0.1, 0.15) is 31.4 Å². The molecular formula is C23H29N3O5S. The maximum atomic E-state index is 13.1. The SMILES string of the molecule is CCCNC(=O)[C@H](C)N(Cc1cccc(OC)c1)C(=O)CSCc1ccc([N+](=O)[O-])cc1. The van der Waals surface area contributed by atoms with Gasteiger partial charge in [0.25, 0.3) is 5.69 Å². The van der Waals surface area contributed by atoms with Crippen LogP contribution in [0.3, 0.4) is 0 Å². The summed E-state index contributed by atoms with van der Waals surface area (Å²) in [6.45, 7) is 4.54. The lowest BCUT2D eigenvalue weighted by molar-refractivity contribution is -0.384. The molecule has 0 fully saturated rings. The van der Waals surface area contributed by atoms with Gasteiger partial charge in [-0.3, -0.25) is 19.7 Å². The van der Waals surface area contributed by atoms with Gasteiger partial charge in [-0.25, -0.2) is 0 Å². The molecule has 2 aromatic rings. The van der Waals surface area contributed by atoms with Gasteiger partial charge in [-0.1, -0.05) is 31.2 Å². The van der Waals surface area contributed by atoms with Gasteiger partial charge >= 0.3 is 0 Å². The van der Waals surface area contributed by atoms with Crippen molar-refractivity contribution in [2.24, 2.45) is 0 Å². The van der Waals surface area contributed by atoms with Crippen molar-refractivity contribution in [2.75, 3.05) is 19.4 Å². The van der Waals surface area contributed by atoms with E-state index >= 15 is 0 Å². The third-order valence-electron chi connectivity index (χ3n) is 4.85. The van der Waals surface area contributed by atoms with Crippen molar-refractivity contribution in [3.8, 4) is 5.75 Å². The maximum Gasteiger partial charge on any atom is 0.269 e. The zero-order valence-electron chi connectivity index (χ0n) is 18.6. The van der Waals surface area contributed by atoms with Crippen LogP contribution in [0.4, 0.5) is 5.69 Å². The lowest BCUT2D eigenvalue weighted by Gasteiger charge is -2.29. The van der Waals surface area contributed by atoms with E-state index in [9.17, 15) is 19.7 Å². The molecule has 32 heavy (non-hydrogen) atoms. The third kappa shape index (κ3) is 7.56. The summed E-state index contributed by atoms with van der Waals surface area (Å²) >= 11 is 1.40. The second-order valence-corrected chi connectivity index (χ2v) is 8.24. The number of amides is 2. The molecule has 0 bridgehead atoms. The average Bonchev–Trinajstić information content (AvgIpc) is 2.80. The summed E-state index contributed by atoms with van der Waals surface area (Å²) in [5, 5.41) is 13.6. The Labute approximate surface area is 192 Å². The zero-order chi connectivity index (χ0) is 23.5. The Morgan fingerprint density at radius 3 is 2.53 bits per heavy atom. The number of non-ortho nitro benzene ring substituents is 1. The van der Waals surface area contributed by atoms with Crippen LogP contribution in [0.5, 0.6) is 5.75 Å². The molecule has 172 valence electrons. The molecule has 0 aliphatic rings. The van der Waals surface area contributed by atoms with E-state index in [1.165, 1.54) is 23.9 Å². The molecule has 0 aliphatic heterocycles. The summed E-state index contributed by atoms with van der Waals surface area (Å²) in [4.78, 5) is 37.5. The average molecular weight is 460 g/mol. The molecule has 0 radical (unpaired) electrons. The zero-order valence-corrected chi connectivity index (χ0v) is 19.4. The second-order valence-electron chi connectivity index (χ2n) is 7.26. The smallest absolute Gasteiger partial charge is 0.269 e. The minimum atomic E-state index is -0.625. The van der Waals surface area contributed by atoms with Crippen molar-refractivity contribution in [3.05, 3.63) is 69.8 Å². The van der Waals surface area contributed by atoms with Crippen LogP contribution < -0.4 is 10.1 Å². The minimum absolute atomic E-state index is 0.0335. The summed E-state index contributed by atoms with van der Waals surface area (Å²) in [6, 6.07) is 13.1. The van der Waals surface area contributed by atoms with Crippen LogP contribution in [0.25, 0.3) is 0 Å². The Balaban J connectivity index is 2.06. The van der Waals surface area contributed by atoms with E-state index in [1.54, 1.807) is 31.1 Å². The Morgan fingerprint density at radius 1 is 1.19 bits per heavy atom. The highest BCUT2D eigenvalue weighted by Gasteiger charge is 2.26. The molecule has 1 N–H and O–H groups in total. The number of thioether (sulfide) groups is 1. The van der Waals surface area contributed by atoms with Gasteiger partial charge in [-0.05, 0) is 36.6 Å². The Hall–Kier alpha value is -3.07. The number of nitrogens with zero attached hydrogens (tertiary/aromatic N) is 2. The Kier molecular flexibility index (Phi) is 10.0. The van der Waals surface area contributed by atoms with E-state index in [1.807, 2.05) is 31.2 Å². The highest BCUT2D eigenvalue weighted by molar-refractivity contribution is 7.99. The van der Waals surface area contributed by atoms with Gasteiger partial charge in [0.1, 0.15) is 11.8 Å². The minimum Gasteiger partial charge on any atom is -0.497 e. The van der Waals surface area contributed by atoms with Crippen LogP contribution in [-0.2, 0) is 21.9 Å². The third-order valence-corrected chi connectivity index (χ3v) is 5.83. The number of benzene rings is 2. The number of nitrogens with one attached hydrogen (secondary N) is 1. The molecule has 2 rings (SSSR count). The van der Waals surface area contributed by atoms with Gasteiger partial charge in [0, 0.05) is 31.0 Å². The monoisotopic (exact) mass is 459 g/mol. The molecule has 0 aromatic heterocycles. The van der Waals surface area contributed by atoms with Gasteiger partial charge in [0.2, 0.25) is 11.8 Å². The van der Waals surface area contributed by atoms with Crippen LogP contribution in [0, 0.1) is 10.1 Å². The fraction of sp³-hybridized carbons (Fsp3) is 0.391. The molecule has 8 nitrogen and oxygen atoms in total. The summed E-state index contributed by atoms with van der Waals surface area (Å²) in [7, 11) is 1.58. The number of hydrogen-bond acceptors (Lipinski definition) is 6. The fourth-order valence-electron chi connectivity index (χ4n) is 3.00. The number of nitro groups is 1. The topological polar surface area (TPSA) is 102 Å². The molecule has 0 saturated heterocycles. The maximum absolute atomic E-state index is 13.1. The molecular weight excluding hydrogens is 430 g/mol. The van der Waals surface area contributed by atoms with Gasteiger partial charge in [0.15, 0.2) is 0 Å². The van der Waals surface area contributed by atoms with Crippen molar-refractivity contribution in [3.63, 3.8) is 0 Å². The number of nitro benzene ring substituents is 1. The highest BCUT2D eigenvalue weighted by Crippen LogP contribution is 2.20. The number of hydrogen-bond donors (Lipinski definition) is 1. The van der Waals surface area contributed by atoms with Gasteiger partial charge < -0.3 is 15.0 Å². The molecule has 0 unspecified atom stereocenters. The number of ether oxygens (including phenoxy) is 1. The highest BCUT2D eigenvalue weighted by atomic mass is 32.2. The molecule has 9 heteroatoms. The first-order valence-corrected chi connectivity index (χ1v) is 11.5. The van der Waals surface area contributed by atoms with Gasteiger partial charge in [-0.15, -0.1) is 11.8 Å². The van der Waals surface area contributed by atoms with Crippen molar-refractivity contribution in [1.29, 1.82) is 0 Å². The van der Waals surface area contributed by atoms with Crippen molar-refractivity contribution in [2.45, 2.75) is 38.6 Å². The quantitative estimate of drug-likeness (QED) is 0.383. The van der Waals surface area contributed by atoms with E-state index in [0.717, 1.165) is 17.5 Å². The van der Waals surface area contributed by atoms with Crippen molar-refractivity contribution >= 4 is 29.3 Å². The number of carbonyl (C=O) groups is 2. The first kappa shape index (κ1) is 25.2. The molecule has 0 heterocycles. The fourth-order valence-corrected chi connectivity index (χ4v) is 3.87. The molecule has 0 spiro atoms. The Morgan fingerprint density at radius 2 is 1.91 bits per heavy atom. The second kappa shape index (κ2) is 12.7. The standard InChI is InChI=1S/C23H29N3O5S/c1-4-12-24-23(28)17(2)25(14-19-6-5-7-21(13-19)31-3)22(27)16-32-15-18-8-10-20(11-9-18)26(29)30/h5-11,13,17H,4,12,14-16H2,1-3H3,(H,24,28)/t17-/m0/s1. The lowest BCUT2D eigenvalue weighted by atomic mass is 10.1.